The van der Waals surface area contributed by atoms with Gasteiger partial charge in [0.15, 0.2) is 10.8 Å². The first-order valence-corrected chi connectivity index (χ1v) is 9.98. The molecule has 2 saturated heterocycles. The number of amides is 1. The van der Waals surface area contributed by atoms with Crippen LogP contribution in [0.5, 0.6) is 0 Å². The van der Waals surface area contributed by atoms with Crippen molar-refractivity contribution >= 4 is 28.7 Å². The van der Waals surface area contributed by atoms with Crippen LogP contribution in [0, 0.1) is 10.1 Å². The fourth-order valence-electron chi connectivity index (χ4n) is 3.67. The highest BCUT2D eigenvalue weighted by atomic mass is 32.2. The van der Waals surface area contributed by atoms with Gasteiger partial charge in [-0.2, -0.15) is 15.0 Å². The molecule has 4 rings (SSSR count). The number of β-lactam (4-membered cyclic amide) rings is 1. The third kappa shape index (κ3) is 3.23. The van der Waals surface area contributed by atoms with Gasteiger partial charge >= 0.3 is 5.97 Å². The highest BCUT2D eigenvalue weighted by Gasteiger charge is 2.70. The zero-order chi connectivity index (χ0) is 20.8. The Hall–Kier alpha value is -2.99. The van der Waals surface area contributed by atoms with Crippen LogP contribution in [-0.2, 0) is 38.7 Å². The number of non-ortho nitro benzene ring substituents is 1. The first-order chi connectivity index (χ1) is 13.8. The lowest BCUT2D eigenvalue weighted by Crippen LogP contribution is -2.58. The van der Waals surface area contributed by atoms with Crippen molar-refractivity contribution in [1.82, 2.24) is 19.9 Å². The number of nitro benzene ring substituents is 1. The quantitative estimate of drug-likeness (QED) is 0.215. The molecule has 2 fully saturated rings. The molecule has 11 nitrogen and oxygen atoms in total. The Kier molecular flexibility index (Phi) is 4.74. The lowest BCUT2D eigenvalue weighted by atomic mass is 9.96. The Morgan fingerprint density at radius 1 is 1.34 bits per heavy atom. The summed E-state index contributed by atoms with van der Waals surface area (Å²) in [6, 6.07) is 4.58. The van der Waals surface area contributed by atoms with Gasteiger partial charge in [0, 0.05) is 12.1 Å². The van der Waals surface area contributed by atoms with Crippen LogP contribution in [-0.4, -0.2) is 57.4 Å². The maximum absolute atomic E-state index is 13.0. The Morgan fingerprint density at radius 2 is 2.00 bits per heavy atom. The summed E-state index contributed by atoms with van der Waals surface area (Å²) in [5.41, 5.74) is 0.490. The van der Waals surface area contributed by atoms with Gasteiger partial charge < -0.3 is 9.29 Å². The second kappa shape index (κ2) is 7.12. The normalized spacial score (nSPS) is 28.0. The summed E-state index contributed by atoms with van der Waals surface area (Å²) in [7, 11) is 0. The molecule has 2 aliphatic rings. The minimum absolute atomic E-state index is 0.0698. The van der Waals surface area contributed by atoms with Gasteiger partial charge in [-0.25, -0.2) is 4.79 Å². The zero-order valence-electron chi connectivity index (χ0n) is 15.3. The summed E-state index contributed by atoms with van der Waals surface area (Å²) in [6.07, 6.45) is 3.08. The van der Waals surface area contributed by atoms with E-state index in [1.54, 1.807) is 6.92 Å². The topological polar surface area (TPSA) is 144 Å². The predicted molar refractivity (Wildman–Crippen MR) is 98.5 cm³/mol. The van der Waals surface area contributed by atoms with E-state index in [1.165, 1.54) is 46.4 Å². The molecule has 1 unspecified atom stereocenters. The molecule has 0 bridgehead atoms. The van der Waals surface area contributed by atoms with Crippen LogP contribution < -0.4 is 0 Å². The van der Waals surface area contributed by atoms with Crippen LogP contribution in [0.15, 0.2) is 36.7 Å². The molecule has 152 valence electrons. The molecule has 3 heterocycles. The van der Waals surface area contributed by atoms with Crippen LogP contribution in [0.2, 0.25) is 0 Å². The maximum Gasteiger partial charge on any atom is 0.335 e. The SMILES string of the molecule is C[C@]1(Cn2nccn2)[C@H](C(=O)OCc2ccc([N+](=O)[O-])cc2)N2C(=O)C[C@@H]2[S+]1[O-]. The standard InChI is InChI=1S/C17H17N5O6S/c1-17(10-20-18-6-7-19-20)15(21-13(23)8-14(21)29(17)27)16(24)28-9-11-2-4-12(5-3-11)22(25)26/h2-7,14-15H,8-10H2,1H3/t14-,15-,17-,29?/m0/s1. The smallest absolute Gasteiger partial charge is 0.335 e. The number of hydrogen-bond acceptors (Lipinski definition) is 8. The summed E-state index contributed by atoms with van der Waals surface area (Å²) < 4.78 is 17.3. The third-order valence-electron chi connectivity index (χ3n) is 5.18. The molecule has 0 aliphatic carbocycles. The number of esters is 1. The molecule has 0 spiro atoms. The first-order valence-electron chi connectivity index (χ1n) is 8.77. The number of hydrogen-bond donors (Lipinski definition) is 0. The Labute approximate surface area is 168 Å². The largest absolute Gasteiger partial charge is 0.614 e. The highest BCUT2D eigenvalue weighted by molar-refractivity contribution is 7.93. The van der Waals surface area contributed by atoms with Crippen molar-refractivity contribution in [3.05, 3.63) is 52.3 Å². The lowest BCUT2D eigenvalue weighted by molar-refractivity contribution is -0.384. The molecule has 0 saturated carbocycles. The van der Waals surface area contributed by atoms with Crippen LogP contribution >= 0.6 is 0 Å². The number of benzene rings is 1. The van der Waals surface area contributed by atoms with Gasteiger partial charge in [-0.3, -0.25) is 19.8 Å². The summed E-state index contributed by atoms with van der Waals surface area (Å²) in [5.74, 6) is -0.931. The third-order valence-corrected chi connectivity index (χ3v) is 7.34. The van der Waals surface area contributed by atoms with Crippen molar-refractivity contribution in [2.75, 3.05) is 0 Å². The van der Waals surface area contributed by atoms with Gasteiger partial charge in [0.25, 0.3) is 5.69 Å². The van der Waals surface area contributed by atoms with Gasteiger partial charge in [0.2, 0.25) is 11.3 Å². The summed E-state index contributed by atoms with van der Waals surface area (Å²) in [4.78, 5) is 37.9. The van der Waals surface area contributed by atoms with Crippen molar-refractivity contribution in [2.24, 2.45) is 0 Å². The van der Waals surface area contributed by atoms with Crippen LogP contribution in [0.25, 0.3) is 0 Å². The molecule has 1 amide bonds. The monoisotopic (exact) mass is 419 g/mol. The van der Waals surface area contributed by atoms with Crippen molar-refractivity contribution < 1.29 is 23.8 Å². The van der Waals surface area contributed by atoms with E-state index in [0.29, 0.717) is 5.56 Å². The van der Waals surface area contributed by atoms with E-state index in [1.807, 2.05) is 0 Å². The molecule has 2 aliphatic heterocycles. The van der Waals surface area contributed by atoms with Gasteiger partial charge in [-0.05, 0) is 35.8 Å². The van der Waals surface area contributed by atoms with E-state index in [0.717, 1.165) is 0 Å². The number of carbonyl (C=O) groups excluding carboxylic acids is 2. The van der Waals surface area contributed by atoms with Crippen molar-refractivity contribution in [2.45, 2.75) is 42.7 Å². The highest BCUT2D eigenvalue weighted by Crippen LogP contribution is 2.47. The summed E-state index contributed by atoms with van der Waals surface area (Å²) >= 11 is -1.50. The van der Waals surface area contributed by atoms with Gasteiger partial charge in [-0.15, -0.1) is 0 Å². The Morgan fingerprint density at radius 3 is 2.59 bits per heavy atom. The second-order valence-electron chi connectivity index (χ2n) is 7.06. The minimum Gasteiger partial charge on any atom is -0.614 e. The molecule has 4 atom stereocenters. The van der Waals surface area contributed by atoms with E-state index in [-0.39, 0.29) is 31.2 Å². The number of fused-ring (bicyclic) bond motifs is 1. The molecule has 1 aromatic carbocycles. The van der Waals surface area contributed by atoms with Crippen LogP contribution in [0.1, 0.15) is 18.9 Å². The number of rotatable bonds is 6. The lowest BCUT2D eigenvalue weighted by Gasteiger charge is -2.33. The zero-order valence-corrected chi connectivity index (χ0v) is 16.2. The molecule has 1 aromatic heterocycles. The van der Waals surface area contributed by atoms with E-state index in [4.69, 9.17) is 4.74 Å². The Bertz CT molecular complexity index is 952. The average molecular weight is 419 g/mol. The van der Waals surface area contributed by atoms with Gasteiger partial charge in [-0.1, -0.05) is 0 Å². The average Bonchev–Trinajstić information content (AvgIpc) is 3.25. The Balaban J connectivity index is 1.52. The number of nitrogens with zero attached hydrogens (tertiary/aromatic N) is 5. The molecule has 29 heavy (non-hydrogen) atoms. The molecular formula is C17H17N5O6S. The van der Waals surface area contributed by atoms with E-state index in [2.05, 4.69) is 10.2 Å². The molecule has 2 aromatic rings. The van der Waals surface area contributed by atoms with Crippen molar-refractivity contribution in [3.8, 4) is 0 Å². The molecular weight excluding hydrogens is 402 g/mol. The summed E-state index contributed by atoms with van der Waals surface area (Å²) in [5, 5.41) is 18.2. The minimum atomic E-state index is -1.50. The maximum atomic E-state index is 13.0. The second-order valence-corrected chi connectivity index (χ2v) is 9.13. The van der Waals surface area contributed by atoms with Crippen molar-refractivity contribution in [3.63, 3.8) is 0 Å². The number of ether oxygens (including phenoxy) is 1. The number of aromatic nitrogens is 3. The fourth-order valence-corrected chi connectivity index (χ4v) is 5.71. The van der Waals surface area contributed by atoms with Gasteiger partial charge in [0.05, 0.1) is 23.7 Å². The van der Waals surface area contributed by atoms with Gasteiger partial charge in [0.1, 0.15) is 13.2 Å². The van der Waals surface area contributed by atoms with E-state index in [9.17, 15) is 24.3 Å². The van der Waals surface area contributed by atoms with Crippen molar-refractivity contribution in [1.29, 1.82) is 0 Å². The molecule has 0 N–H and O–H groups in total. The molecule has 0 radical (unpaired) electrons. The van der Waals surface area contributed by atoms with E-state index < -0.39 is 38.2 Å². The molecule has 12 heteroatoms. The number of carbonyl (C=O) groups is 2. The van der Waals surface area contributed by atoms with E-state index >= 15 is 0 Å². The van der Waals surface area contributed by atoms with Crippen LogP contribution in [0.4, 0.5) is 5.69 Å². The number of nitro groups is 1. The fraction of sp³-hybridized carbons (Fsp3) is 0.412. The predicted octanol–water partition coefficient (Wildman–Crippen LogP) is 0.378. The van der Waals surface area contributed by atoms with Crippen LogP contribution in [0.3, 0.4) is 0 Å². The summed E-state index contributed by atoms with van der Waals surface area (Å²) in [6.45, 7) is 1.63. The first kappa shape index (κ1) is 19.3.